The second kappa shape index (κ2) is 6.34. The molecular formula is C16H20N2O. The summed E-state index contributed by atoms with van der Waals surface area (Å²) in [7, 11) is 1.69. The molecule has 3 nitrogen and oxygen atoms in total. The summed E-state index contributed by atoms with van der Waals surface area (Å²) >= 11 is 0. The highest BCUT2D eigenvalue weighted by Gasteiger charge is 2.06. The highest BCUT2D eigenvalue weighted by molar-refractivity contribution is 5.30. The molecule has 19 heavy (non-hydrogen) atoms. The lowest BCUT2D eigenvalue weighted by molar-refractivity contribution is 0.413. The minimum absolute atomic E-state index is 0.273. The Hall–Kier alpha value is -1.87. The number of nitrogens with one attached hydrogen (secondary N) is 1. The lowest BCUT2D eigenvalue weighted by Crippen LogP contribution is -2.18. The molecule has 3 heteroatoms. The zero-order valence-corrected chi connectivity index (χ0v) is 11.7. The molecule has 0 fully saturated rings. The van der Waals surface area contributed by atoms with E-state index in [2.05, 4.69) is 36.3 Å². The molecular weight excluding hydrogens is 236 g/mol. The number of hydrogen-bond acceptors (Lipinski definition) is 3. The van der Waals surface area contributed by atoms with Gasteiger partial charge in [0.1, 0.15) is 5.75 Å². The van der Waals surface area contributed by atoms with Crippen molar-refractivity contribution in [3.05, 3.63) is 59.4 Å². The number of aryl methyl sites for hydroxylation is 1. The molecule has 1 N–H and O–H groups in total. The molecule has 1 atom stereocenters. The zero-order chi connectivity index (χ0) is 13.7. The number of aromatic nitrogens is 1. The Kier molecular flexibility index (Phi) is 4.53. The van der Waals surface area contributed by atoms with E-state index in [1.54, 1.807) is 7.11 Å². The predicted octanol–water partition coefficient (Wildman–Crippen LogP) is 3.25. The van der Waals surface area contributed by atoms with Crippen molar-refractivity contribution in [2.24, 2.45) is 0 Å². The van der Waals surface area contributed by atoms with E-state index >= 15 is 0 Å². The average Bonchev–Trinajstić information content (AvgIpc) is 2.46. The van der Waals surface area contributed by atoms with E-state index in [1.807, 2.05) is 30.6 Å². The molecule has 0 spiro atoms. The van der Waals surface area contributed by atoms with Gasteiger partial charge in [-0.25, -0.2) is 0 Å². The second-order valence-electron chi connectivity index (χ2n) is 4.68. The maximum absolute atomic E-state index is 5.25. The molecule has 1 aromatic carbocycles. The first-order chi connectivity index (χ1) is 9.20. The molecule has 0 saturated carbocycles. The first-order valence-corrected chi connectivity index (χ1v) is 6.47. The molecule has 0 amide bonds. The maximum atomic E-state index is 5.25. The molecule has 1 aromatic heterocycles. The summed E-state index contributed by atoms with van der Waals surface area (Å²) in [6, 6.07) is 10.5. The minimum atomic E-state index is 0.273. The minimum Gasteiger partial charge on any atom is -0.497 e. The monoisotopic (exact) mass is 256 g/mol. The van der Waals surface area contributed by atoms with Gasteiger partial charge in [-0.1, -0.05) is 12.1 Å². The topological polar surface area (TPSA) is 34.1 Å². The van der Waals surface area contributed by atoms with E-state index < -0.39 is 0 Å². The summed E-state index contributed by atoms with van der Waals surface area (Å²) in [5.41, 5.74) is 3.72. The summed E-state index contributed by atoms with van der Waals surface area (Å²) in [6.07, 6.45) is 3.74. The quantitative estimate of drug-likeness (QED) is 0.891. The number of nitrogens with zero attached hydrogens (tertiary/aromatic N) is 1. The molecule has 2 rings (SSSR count). The van der Waals surface area contributed by atoms with Gasteiger partial charge in [0.15, 0.2) is 0 Å². The van der Waals surface area contributed by atoms with Crippen molar-refractivity contribution in [3.63, 3.8) is 0 Å². The predicted molar refractivity (Wildman–Crippen MR) is 77.2 cm³/mol. The van der Waals surface area contributed by atoms with E-state index in [4.69, 9.17) is 4.74 Å². The van der Waals surface area contributed by atoms with Gasteiger partial charge < -0.3 is 10.1 Å². The van der Waals surface area contributed by atoms with Crippen LogP contribution < -0.4 is 10.1 Å². The van der Waals surface area contributed by atoms with E-state index in [9.17, 15) is 0 Å². The van der Waals surface area contributed by atoms with E-state index in [0.717, 1.165) is 12.3 Å². The number of hydrogen-bond donors (Lipinski definition) is 1. The first-order valence-electron chi connectivity index (χ1n) is 6.47. The van der Waals surface area contributed by atoms with Crippen LogP contribution in [0.1, 0.15) is 29.7 Å². The second-order valence-corrected chi connectivity index (χ2v) is 4.68. The fourth-order valence-electron chi connectivity index (χ4n) is 1.97. The van der Waals surface area contributed by atoms with Crippen LogP contribution in [0, 0.1) is 6.92 Å². The van der Waals surface area contributed by atoms with Gasteiger partial charge in [-0.3, -0.25) is 4.98 Å². The molecule has 0 saturated heterocycles. The van der Waals surface area contributed by atoms with Crippen molar-refractivity contribution >= 4 is 0 Å². The van der Waals surface area contributed by atoms with E-state index in [1.165, 1.54) is 16.7 Å². The normalized spacial score (nSPS) is 12.2. The molecule has 0 radical (unpaired) electrons. The van der Waals surface area contributed by atoms with Crippen molar-refractivity contribution in [2.75, 3.05) is 7.11 Å². The average molecular weight is 256 g/mol. The van der Waals surface area contributed by atoms with Gasteiger partial charge in [0, 0.05) is 25.0 Å². The number of ether oxygens (including phenoxy) is 1. The van der Waals surface area contributed by atoms with Crippen molar-refractivity contribution in [1.29, 1.82) is 0 Å². The van der Waals surface area contributed by atoms with Gasteiger partial charge in [0.2, 0.25) is 0 Å². The highest BCUT2D eigenvalue weighted by Crippen LogP contribution is 2.19. The molecule has 0 aliphatic heterocycles. The molecule has 0 bridgehead atoms. The van der Waals surface area contributed by atoms with Crippen molar-refractivity contribution in [3.8, 4) is 5.75 Å². The molecule has 100 valence electrons. The van der Waals surface area contributed by atoms with Gasteiger partial charge in [-0.05, 0) is 48.7 Å². The number of rotatable bonds is 5. The van der Waals surface area contributed by atoms with Crippen LogP contribution in [-0.4, -0.2) is 12.1 Å². The standard InChI is InChI=1S/C16H20N2O/c1-12-7-8-17-10-15(12)11-18-13(2)14-5-4-6-16(9-14)19-3/h4-10,13,18H,11H2,1-3H3/t13-/m1/s1. The number of pyridine rings is 1. The van der Waals surface area contributed by atoms with Crippen LogP contribution in [0.4, 0.5) is 0 Å². The summed E-state index contributed by atoms with van der Waals surface area (Å²) in [5, 5.41) is 3.51. The van der Waals surface area contributed by atoms with Crippen LogP contribution >= 0.6 is 0 Å². The number of methoxy groups -OCH3 is 1. The van der Waals surface area contributed by atoms with Crippen LogP contribution in [0.2, 0.25) is 0 Å². The Labute approximate surface area is 114 Å². The van der Waals surface area contributed by atoms with Crippen molar-refractivity contribution in [2.45, 2.75) is 26.4 Å². The summed E-state index contributed by atoms with van der Waals surface area (Å²) < 4.78 is 5.25. The summed E-state index contributed by atoms with van der Waals surface area (Å²) in [4.78, 5) is 4.16. The van der Waals surface area contributed by atoms with Crippen molar-refractivity contribution < 1.29 is 4.74 Å². The van der Waals surface area contributed by atoms with Crippen LogP contribution in [0.5, 0.6) is 5.75 Å². The van der Waals surface area contributed by atoms with E-state index in [-0.39, 0.29) is 6.04 Å². The van der Waals surface area contributed by atoms with Crippen LogP contribution in [-0.2, 0) is 6.54 Å². The van der Waals surface area contributed by atoms with Gasteiger partial charge in [-0.15, -0.1) is 0 Å². The Balaban J connectivity index is 2.01. The highest BCUT2D eigenvalue weighted by atomic mass is 16.5. The fraction of sp³-hybridized carbons (Fsp3) is 0.312. The zero-order valence-electron chi connectivity index (χ0n) is 11.7. The summed E-state index contributed by atoms with van der Waals surface area (Å²) in [5.74, 6) is 0.892. The third kappa shape index (κ3) is 3.55. The molecule has 0 aliphatic rings. The lowest BCUT2D eigenvalue weighted by Gasteiger charge is -2.16. The van der Waals surface area contributed by atoms with Gasteiger partial charge in [0.05, 0.1) is 7.11 Å². The Morgan fingerprint density at radius 3 is 2.89 bits per heavy atom. The van der Waals surface area contributed by atoms with Gasteiger partial charge >= 0.3 is 0 Å². The smallest absolute Gasteiger partial charge is 0.119 e. The van der Waals surface area contributed by atoms with E-state index in [0.29, 0.717) is 0 Å². The molecule has 0 aliphatic carbocycles. The van der Waals surface area contributed by atoms with Crippen molar-refractivity contribution in [1.82, 2.24) is 10.3 Å². The number of benzene rings is 1. The Bertz CT molecular complexity index is 540. The molecule has 0 unspecified atom stereocenters. The van der Waals surface area contributed by atoms with Crippen LogP contribution in [0.15, 0.2) is 42.7 Å². The third-order valence-electron chi connectivity index (χ3n) is 3.34. The largest absolute Gasteiger partial charge is 0.497 e. The Morgan fingerprint density at radius 1 is 1.32 bits per heavy atom. The Morgan fingerprint density at radius 2 is 2.16 bits per heavy atom. The first kappa shape index (κ1) is 13.6. The van der Waals surface area contributed by atoms with Crippen LogP contribution in [0.25, 0.3) is 0 Å². The van der Waals surface area contributed by atoms with Crippen LogP contribution in [0.3, 0.4) is 0 Å². The lowest BCUT2D eigenvalue weighted by atomic mass is 10.1. The SMILES string of the molecule is COc1cccc([C@@H](C)NCc2cnccc2C)c1. The molecule has 2 aromatic rings. The fourth-order valence-corrected chi connectivity index (χ4v) is 1.97. The van der Waals surface area contributed by atoms with Gasteiger partial charge in [-0.2, -0.15) is 0 Å². The summed E-state index contributed by atoms with van der Waals surface area (Å²) in [6.45, 7) is 5.08. The maximum Gasteiger partial charge on any atom is 0.119 e. The molecule has 1 heterocycles. The van der Waals surface area contributed by atoms with Gasteiger partial charge in [0.25, 0.3) is 0 Å². The third-order valence-corrected chi connectivity index (χ3v) is 3.34.